The highest BCUT2D eigenvalue weighted by atomic mass is 16.3. The molecule has 0 saturated carbocycles. The van der Waals surface area contributed by atoms with E-state index in [0.717, 1.165) is 13.0 Å². The molecular formula is C14H19NO. The van der Waals surface area contributed by atoms with Crippen LogP contribution in [0.3, 0.4) is 0 Å². The van der Waals surface area contributed by atoms with Gasteiger partial charge in [0.25, 0.3) is 0 Å². The van der Waals surface area contributed by atoms with E-state index in [1.54, 1.807) is 0 Å². The van der Waals surface area contributed by atoms with Gasteiger partial charge in [-0.15, -0.1) is 0 Å². The molecule has 1 heterocycles. The van der Waals surface area contributed by atoms with Crippen LogP contribution in [0.2, 0.25) is 0 Å². The molecule has 2 aromatic rings. The Morgan fingerprint density at radius 2 is 2.12 bits per heavy atom. The van der Waals surface area contributed by atoms with Crippen molar-refractivity contribution >= 4 is 10.9 Å². The summed E-state index contributed by atoms with van der Waals surface area (Å²) in [6.45, 7) is 7.07. The predicted octanol–water partition coefficient (Wildman–Crippen LogP) is 2.89. The van der Waals surface area contributed by atoms with Crippen LogP contribution in [0, 0.1) is 6.92 Å². The second-order valence-corrected chi connectivity index (χ2v) is 4.44. The smallest absolute Gasteiger partial charge is 0.0566 e. The molecule has 0 radical (unpaired) electrons. The molecule has 0 bridgehead atoms. The molecular weight excluding hydrogens is 198 g/mol. The van der Waals surface area contributed by atoms with Crippen LogP contribution in [-0.2, 0) is 13.0 Å². The van der Waals surface area contributed by atoms with Crippen molar-refractivity contribution in [3.63, 3.8) is 0 Å². The zero-order chi connectivity index (χ0) is 11.7. The number of nitrogens with zero attached hydrogens (tertiary/aromatic N) is 1. The summed E-state index contributed by atoms with van der Waals surface area (Å²) in [4.78, 5) is 0. The molecule has 0 spiro atoms. The Kier molecular flexibility index (Phi) is 3.01. The molecule has 1 aromatic carbocycles. The first kappa shape index (κ1) is 11.2. The predicted molar refractivity (Wildman–Crippen MR) is 67.7 cm³/mol. The number of fused-ring (bicyclic) bond motifs is 1. The molecule has 1 atom stereocenters. The summed E-state index contributed by atoms with van der Waals surface area (Å²) >= 11 is 0. The molecule has 1 aromatic heterocycles. The molecule has 1 N–H and O–H groups in total. The van der Waals surface area contributed by atoms with E-state index >= 15 is 0 Å². The maximum absolute atomic E-state index is 9.51. The molecule has 16 heavy (non-hydrogen) atoms. The minimum atomic E-state index is -0.282. The van der Waals surface area contributed by atoms with Crippen molar-refractivity contribution in [1.82, 2.24) is 4.57 Å². The molecule has 2 heteroatoms. The maximum Gasteiger partial charge on any atom is 0.0566 e. The fraction of sp³-hybridized carbons (Fsp3) is 0.429. The van der Waals surface area contributed by atoms with Gasteiger partial charge in [0.15, 0.2) is 0 Å². The largest absolute Gasteiger partial charge is 0.393 e. The first-order chi connectivity index (χ1) is 7.63. The minimum absolute atomic E-state index is 0.282. The third-order valence-electron chi connectivity index (χ3n) is 3.07. The van der Waals surface area contributed by atoms with Gasteiger partial charge in [0, 0.05) is 29.6 Å². The number of aryl methyl sites for hydroxylation is 2. The molecule has 86 valence electrons. The Balaban J connectivity index is 2.61. The summed E-state index contributed by atoms with van der Waals surface area (Å²) < 4.78 is 2.29. The summed E-state index contributed by atoms with van der Waals surface area (Å²) in [7, 11) is 0. The van der Waals surface area contributed by atoms with Gasteiger partial charge in [-0.05, 0) is 38.5 Å². The van der Waals surface area contributed by atoms with Gasteiger partial charge in [0.2, 0.25) is 0 Å². The second-order valence-electron chi connectivity index (χ2n) is 4.44. The number of hydrogen-bond donors (Lipinski definition) is 1. The van der Waals surface area contributed by atoms with E-state index in [1.165, 1.54) is 22.2 Å². The van der Waals surface area contributed by atoms with E-state index in [2.05, 4.69) is 42.7 Å². The Bertz CT molecular complexity index is 497. The van der Waals surface area contributed by atoms with E-state index in [4.69, 9.17) is 0 Å². The lowest BCUT2D eigenvalue weighted by molar-refractivity contribution is 0.193. The van der Waals surface area contributed by atoms with Gasteiger partial charge in [-0.2, -0.15) is 0 Å². The fourth-order valence-corrected chi connectivity index (χ4v) is 2.33. The van der Waals surface area contributed by atoms with Crippen LogP contribution in [0.5, 0.6) is 0 Å². The highest BCUT2D eigenvalue weighted by Gasteiger charge is 2.10. The highest BCUT2D eigenvalue weighted by molar-refractivity contribution is 5.84. The fourth-order valence-electron chi connectivity index (χ4n) is 2.33. The summed E-state index contributed by atoms with van der Waals surface area (Å²) in [5.41, 5.74) is 3.80. The average Bonchev–Trinajstić information content (AvgIpc) is 2.56. The van der Waals surface area contributed by atoms with Crippen molar-refractivity contribution in [1.29, 1.82) is 0 Å². The Morgan fingerprint density at radius 3 is 2.75 bits per heavy atom. The van der Waals surface area contributed by atoms with Crippen LogP contribution in [-0.4, -0.2) is 15.8 Å². The zero-order valence-electron chi connectivity index (χ0n) is 10.2. The molecule has 0 amide bonds. The van der Waals surface area contributed by atoms with E-state index in [1.807, 2.05) is 6.92 Å². The molecule has 2 nitrogen and oxygen atoms in total. The van der Waals surface area contributed by atoms with E-state index in [-0.39, 0.29) is 6.10 Å². The summed E-state index contributed by atoms with van der Waals surface area (Å²) in [5, 5.41) is 10.8. The third-order valence-corrected chi connectivity index (χ3v) is 3.07. The first-order valence-electron chi connectivity index (χ1n) is 5.89. The van der Waals surface area contributed by atoms with Gasteiger partial charge in [-0.3, -0.25) is 0 Å². The summed E-state index contributed by atoms with van der Waals surface area (Å²) in [6.07, 6.45) is 0.442. The second kappa shape index (κ2) is 4.30. The molecule has 0 fully saturated rings. The van der Waals surface area contributed by atoms with Crippen molar-refractivity contribution in [3.8, 4) is 0 Å². The molecule has 0 aliphatic rings. The minimum Gasteiger partial charge on any atom is -0.393 e. The van der Waals surface area contributed by atoms with Crippen molar-refractivity contribution in [3.05, 3.63) is 35.5 Å². The number of hydrogen-bond acceptors (Lipinski definition) is 1. The third kappa shape index (κ3) is 1.85. The van der Waals surface area contributed by atoms with Crippen LogP contribution < -0.4 is 0 Å². The Morgan fingerprint density at radius 1 is 1.38 bits per heavy atom. The van der Waals surface area contributed by atoms with Crippen molar-refractivity contribution < 1.29 is 5.11 Å². The van der Waals surface area contributed by atoms with Crippen molar-refractivity contribution in [2.75, 3.05) is 0 Å². The van der Waals surface area contributed by atoms with Crippen LogP contribution in [0.25, 0.3) is 10.9 Å². The van der Waals surface area contributed by atoms with Crippen LogP contribution >= 0.6 is 0 Å². The van der Waals surface area contributed by atoms with Gasteiger partial charge in [0.05, 0.1) is 6.10 Å². The number of aliphatic hydroxyl groups excluding tert-OH is 1. The van der Waals surface area contributed by atoms with Crippen LogP contribution in [0.4, 0.5) is 0 Å². The van der Waals surface area contributed by atoms with E-state index < -0.39 is 0 Å². The molecule has 0 aliphatic heterocycles. The molecule has 1 unspecified atom stereocenters. The SMILES string of the molecule is CCn1c(CC(C)O)cc2c(C)cccc21. The number of rotatable bonds is 3. The standard InChI is InChI=1S/C14H19NO/c1-4-15-12(8-11(3)16)9-13-10(2)6-5-7-14(13)15/h5-7,9,11,16H,4,8H2,1-3H3. The van der Waals surface area contributed by atoms with Gasteiger partial charge >= 0.3 is 0 Å². The van der Waals surface area contributed by atoms with Gasteiger partial charge in [-0.1, -0.05) is 12.1 Å². The topological polar surface area (TPSA) is 25.2 Å². The molecule has 0 aliphatic carbocycles. The quantitative estimate of drug-likeness (QED) is 0.840. The van der Waals surface area contributed by atoms with E-state index in [0.29, 0.717) is 0 Å². The van der Waals surface area contributed by atoms with Crippen molar-refractivity contribution in [2.24, 2.45) is 0 Å². The Hall–Kier alpha value is -1.28. The van der Waals surface area contributed by atoms with Crippen molar-refractivity contribution in [2.45, 2.75) is 39.8 Å². The summed E-state index contributed by atoms with van der Waals surface area (Å²) in [6, 6.07) is 8.59. The van der Waals surface area contributed by atoms with Gasteiger partial charge < -0.3 is 9.67 Å². The monoisotopic (exact) mass is 217 g/mol. The molecule has 0 saturated heterocycles. The maximum atomic E-state index is 9.51. The van der Waals surface area contributed by atoms with Gasteiger partial charge in [-0.25, -0.2) is 0 Å². The highest BCUT2D eigenvalue weighted by Crippen LogP contribution is 2.23. The number of aliphatic hydroxyl groups is 1. The average molecular weight is 217 g/mol. The molecule has 2 rings (SSSR count). The zero-order valence-corrected chi connectivity index (χ0v) is 10.2. The summed E-state index contributed by atoms with van der Waals surface area (Å²) in [5.74, 6) is 0. The lowest BCUT2D eigenvalue weighted by Gasteiger charge is -2.09. The Labute approximate surface area is 96.5 Å². The van der Waals surface area contributed by atoms with E-state index in [9.17, 15) is 5.11 Å². The number of aromatic nitrogens is 1. The van der Waals surface area contributed by atoms with Gasteiger partial charge in [0.1, 0.15) is 0 Å². The van der Waals surface area contributed by atoms with Crippen LogP contribution in [0.15, 0.2) is 24.3 Å². The lowest BCUT2D eigenvalue weighted by atomic mass is 10.1. The first-order valence-corrected chi connectivity index (χ1v) is 5.89. The van der Waals surface area contributed by atoms with Crippen LogP contribution in [0.1, 0.15) is 25.1 Å². The number of benzene rings is 1. The lowest BCUT2D eigenvalue weighted by Crippen LogP contribution is -2.09. The normalized spacial score (nSPS) is 13.2.